The Morgan fingerprint density at radius 1 is 0.944 bits per heavy atom. The standard InChI is InChI=1S/C11H15F3O3S/c12-11(13,14)18(15,16)17-10-4-7-1-8(5-10)3-9(2-7)6-10/h7-9H,1-6H2. The lowest BCUT2D eigenvalue weighted by Crippen LogP contribution is -2.53. The van der Waals surface area contributed by atoms with E-state index in [2.05, 4.69) is 4.18 Å². The molecule has 3 nitrogen and oxygen atoms in total. The van der Waals surface area contributed by atoms with E-state index in [1.165, 1.54) is 0 Å². The Labute approximate surface area is 104 Å². The summed E-state index contributed by atoms with van der Waals surface area (Å²) < 4.78 is 64.2. The van der Waals surface area contributed by atoms with E-state index in [1.807, 2.05) is 0 Å². The second-order valence-electron chi connectivity index (χ2n) is 6.08. The van der Waals surface area contributed by atoms with Crippen LogP contribution in [0.25, 0.3) is 0 Å². The van der Waals surface area contributed by atoms with Crippen LogP contribution in [0.2, 0.25) is 0 Å². The van der Waals surface area contributed by atoms with Crippen molar-refractivity contribution in [1.82, 2.24) is 0 Å². The minimum Gasteiger partial charge on any atom is -0.256 e. The van der Waals surface area contributed by atoms with Crippen LogP contribution >= 0.6 is 0 Å². The molecule has 18 heavy (non-hydrogen) atoms. The van der Waals surface area contributed by atoms with E-state index in [1.54, 1.807) is 0 Å². The molecule has 0 radical (unpaired) electrons. The fraction of sp³-hybridized carbons (Fsp3) is 1.00. The van der Waals surface area contributed by atoms with Crippen molar-refractivity contribution in [2.24, 2.45) is 17.8 Å². The van der Waals surface area contributed by atoms with Crippen molar-refractivity contribution >= 4 is 10.1 Å². The minimum absolute atomic E-state index is 0.347. The molecule has 4 rings (SSSR count). The van der Waals surface area contributed by atoms with Gasteiger partial charge in [-0.1, -0.05) is 0 Å². The fourth-order valence-corrected chi connectivity index (χ4v) is 5.18. The second kappa shape index (κ2) is 3.62. The zero-order chi connectivity index (χ0) is 13.2. The van der Waals surface area contributed by atoms with Gasteiger partial charge >= 0.3 is 15.6 Å². The first kappa shape index (κ1) is 12.7. The average Bonchev–Trinajstić information content (AvgIpc) is 2.10. The molecule has 0 unspecified atom stereocenters. The van der Waals surface area contributed by atoms with Crippen LogP contribution in [-0.4, -0.2) is 19.5 Å². The van der Waals surface area contributed by atoms with Crippen molar-refractivity contribution in [3.8, 4) is 0 Å². The number of halogens is 3. The van der Waals surface area contributed by atoms with E-state index in [-0.39, 0.29) is 0 Å². The molecule has 0 saturated heterocycles. The molecule has 0 N–H and O–H groups in total. The van der Waals surface area contributed by atoms with Crippen LogP contribution in [0, 0.1) is 17.8 Å². The molecule has 0 spiro atoms. The Balaban J connectivity index is 1.85. The van der Waals surface area contributed by atoms with E-state index in [4.69, 9.17) is 0 Å². The van der Waals surface area contributed by atoms with Crippen LogP contribution in [-0.2, 0) is 14.3 Å². The van der Waals surface area contributed by atoms with Gasteiger partial charge in [0.25, 0.3) is 0 Å². The minimum atomic E-state index is -5.46. The highest BCUT2D eigenvalue weighted by Crippen LogP contribution is 2.58. The Hall–Kier alpha value is -0.300. The summed E-state index contributed by atoms with van der Waals surface area (Å²) in [5.41, 5.74) is -6.38. The summed E-state index contributed by atoms with van der Waals surface area (Å²) >= 11 is 0. The quantitative estimate of drug-likeness (QED) is 0.578. The molecule has 4 bridgehead atoms. The van der Waals surface area contributed by atoms with Gasteiger partial charge in [0.15, 0.2) is 0 Å². The Morgan fingerprint density at radius 2 is 1.33 bits per heavy atom. The summed E-state index contributed by atoms with van der Waals surface area (Å²) in [5, 5.41) is 0. The highest BCUT2D eigenvalue weighted by Gasteiger charge is 2.58. The van der Waals surface area contributed by atoms with E-state index in [9.17, 15) is 21.6 Å². The molecule has 0 aromatic heterocycles. The third-order valence-electron chi connectivity index (χ3n) is 4.55. The maximum Gasteiger partial charge on any atom is 0.523 e. The first-order chi connectivity index (χ1) is 8.19. The molecule has 4 fully saturated rings. The Morgan fingerprint density at radius 3 is 1.67 bits per heavy atom. The van der Waals surface area contributed by atoms with E-state index in [0.717, 1.165) is 19.3 Å². The number of hydrogen-bond acceptors (Lipinski definition) is 3. The van der Waals surface area contributed by atoms with Crippen LogP contribution < -0.4 is 0 Å². The third-order valence-corrected chi connectivity index (χ3v) is 5.69. The maximum absolute atomic E-state index is 12.4. The molecule has 4 aliphatic carbocycles. The summed E-state index contributed by atoms with van der Waals surface area (Å²) in [5.74, 6) is 1.04. The van der Waals surface area contributed by atoms with Crippen molar-refractivity contribution in [3.63, 3.8) is 0 Å². The van der Waals surface area contributed by atoms with Crippen molar-refractivity contribution < 1.29 is 25.8 Å². The van der Waals surface area contributed by atoms with Crippen molar-refractivity contribution in [3.05, 3.63) is 0 Å². The van der Waals surface area contributed by atoms with Crippen molar-refractivity contribution in [2.75, 3.05) is 0 Å². The van der Waals surface area contributed by atoms with Crippen LogP contribution in [0.5, 0.6) is 0 Å². The molecule has 0 atom stereocenters. The largest absolute Gasteiger partial charge is 0.523 e. The molecule has 0 aromatic carbocycles. The number of rotatable bonds is 2. The molecule has 0 amide bonds. The molecular weight excluding hydrogens is 269 g/mol. The molecule has 104 valence electrons. The SMILES string of the molecule is O=S(=O)(OC12CC3CC(CC(C3)C1)C2)C(F)(F)F. The molecule has 0 heterocycles. The van der Waals surface area contributed by atoms with Gasteiger partial charge in [-0.2, -0.15) is 21.6 Å². The average molecular weight is 284 g/mol. The fourth-order valence-electron chi connectivity index (χ4n) is 4.41. The van der Waals surface area contributed by atoms with Crippen LogP contribution in [0.3, 0.4) is 0 Å². The Bertz CT molecular complexity index is 419. The van der Waals surface area contributed by atoms with Gasteiger partial charge in [0, 0.05) is 0 Å². The lowest BCUT2D eigenvalue weighted by atomic mass is 9.54. The van der Waals surface area contributed by atoms with E-state index < -0.39 is 21.2 Å². The Kier molecular flexibility index (Phi) is 2.56. The van der Waals surface area contributed by atoms with Gasteiger partial charge < -0.3 is 0 Å². The van der Waals surface area contributed by atoms with Gasteiger partial charge in [0.05, 0.1) is 5.60 Å². The molecule has 0 aromatic rings. The predicted octanol–water partition coefficient (Wildman–Crippen LogP) is 2.82. The highest BCUT2D eigenvalue weighted by molar-refractivity contribution is 7.87. The maximum atomic E-state index is 12.4. The smallest absolute Gasteiger partial charge is 0.256 e. The topological polar surface area (TPSA) is 43.4 Å². The van der Waals surface area contributed by atoms with Crippen LogP contribution in [0.1, 0.15) is 38.5 Å². The molecular formula is C11H15F3O3S. The first-order valence-electron chi connectivity index (χ1n) is 6.21. The number of hydrogen-bond donors (Lipinski definition) is 0. The van der Waals surface area contributed by atoms with Gasteiger partial charge in [0.1, 0.15) is 0 Å². The van der Waals surface area contributed by atoms with E-state index >= 15 is 0 Å². The summed E-state index contributed by atoms with van der Waals surface area (Å²) in [4.78, 5) is 0. The van der Waals surface area contributed by atoms with Crippen molar-refractivity contribution in [2.45, 2.75) is 49.6 Å². The first-order valence-corrected chi connectivity index (χ1v) is 7.62. The zero-order valence-corrected chi connectivity index (χ0v) is 10.6. The van der Waals surface area contributed by atoms with Gasteiger partial charge in [-0.3, -0.25) is 4.18 Å². The van der Waals surface area contributed by atoms with Gasteiger partial charge in [-0.05, 0) is 56.3 Å². The third kappa shape index (κ3) is 1.95. The van der Waals surface area contributed by atoms with Crippen LogP contribution in [0.4, 0.5) is 13.2 Å². The lowest BCUT2D eigenvalue weighted by Gasteiger charge is -2.55. The van der Waals surface area contributed by atoms with Crippen molar-refractivity contribution in [1.29, 1.82) is 0 Å². The summed E-state index contributed by atoms with van der Waals surface area (Å²) in [6, 6.07) is 0. The molecule has 4 aliphatic rings. The summed E-state index contributed by atoms with van der Waals surface area (Å²) in [7, 11) is -5.46. The highest BCUT2D eigenvalue weighted by atomic mass is 32.2. The second-order valence-corrected chi connectivity index (χ2v) is 7.62. The van der Waals surface area contributed by atoms with Gasteiger partial charge in [-0.25, -0.2) is 0 Å². The molecule has 7 heteroatoms. The molecule has 0 aliphatic heterocycles. The lowest BCUT2D eigenvalue weighted by molar-refractivity contribution is -0.122. The predicted molar refractivity (Wildman–Crippen MR) is 57.0 cm³/mol. The summed E-state index contributed by atoms with van der Waals surface area (Å²) in [6.07, 6.45) is 4.47. The number of alkyl halides is 3. The molecule has 4 saturated carbocycles. The monoisotopic (exact) mass is 284 g/mol. The van der Waals surface area contributed by atoms with Gasteiger partial charge in [0.2, 0.25) is 0 Å². The van der Waals surface area contributed by atoms with Gasteiger partial charge in [-0.15, -0.1) is 0 Å². The zero-order valence-electron chi connectivity index (χ0n) is 9.74. The van der Waals surface area contributed by atoms with Crippen LogP contribution in [0.15, 0.2) is 0 Å². The van der Waals surface area contributed by atoms with E-state index in [0.29, 0.717) is 37.0 Å². The summed E-state index contributed by atoms with van der Waals surface area (Å²) in [6.45, 7) is 0. The normalized spacial score (nSPS) is 43.4.